The largest absolute Gasteiger partial charge is 0.307 e. The first-order valence-electron chi connectivity index (χ1n) is 7.59. The van der Waals surface area contributed by atoms with Crippen LogP contribution >= 0.6 is 0 Å². The molecule has 0 spiro atoms. The third kappa shape index (κ3) is 2.42. The summed E-state index contributed by atoms with van der Waals surface area (Å²) in [6.45, 7) is 0. The highest BCUT2D eigenvalue weighted by Gasteiger charge is 2.36. The molecule has 2 amide bonds. The van der Waals surface area contributed by atoms with E-state index in [-0.39, 0.29) is 16.2 Å². The molecule has 3 aromatic rings. The van der Waals surface area contributed by atoms with Crippen molar-refractivity contribution in [2.45, 2.75) is 0 Å². The van der Waals surface area contributed by atoms with E-state index in [1.165, 1.54) is 24.3 Å². The first-order valence-corrected chi connectivity index (χ1v) is 7.59. The molecule has 0 unspecified atom stereocenters. The molecule has 142 valence electrons. The minimum absolute atomic E-state index is 0.0220. The van der Waals surface area contributed by atoms with Crippen LogP contribution in [0.3, 0.4) is 0 Å². The van der Waals surface area contributed by atoms with Gasteiger partial charge in [0.25, 0.3) is 11.8 Å². The summed E-state index contributed by atoms with van der Waals surface area (Å²) in [6.07, 6.45) is 0. The van der Waals surface area contributed by atoms with Gasteiger partial charge in [-0.1, -0.05) is 24.3 Å². The SMILES string of the molecule is O=C1c2cccc3cccc(c23)C(=O)N1OOc1c(F)c(F)c(F)c(F)c1F. The Bertz CT molecular complexity index is 1100. The highest BCUT2D eigenvalue weighted by atomic mass is 19.2. The van der Waals surface area contributed by atoms with Crippen LogP contribution in [0.5, 0.6) is 5.75 Å². The number of carbonyl (C=O) groups is 2. The molecule has 0 fully saturated rings. The molecule has 10 heteroatoms. The van der Waals surface area contributed by atoms with Gasteiger partial charge in [-0.25, -0.2) is 13.2 Å². The van der Waals surface area contributed by atoms with Crippen LogP contribution in [0.4, 0.5) is 22.0 Å². The van der Waals surface area contributed by atoms with Crippen molar-refractivity contribution in [2.75, 3.05) is 0 Å². The van der Waals surface area contributed by atoms with Crippen molar-refractivity contribution in [3.8, 4) is 5.75 Å². The molecule has 28 heavy (non-hydrogen) atoms. The molecule has 1 heterocycles. The highest BCUT2D eigenvalue weighted by Crippen LogP contribution is 2.32. The molecule has 1 aliphatic rings. The molecule has 5 nitrogen and oxygen atoms in total. The first kappa shape index (κ1) is 17.9. The van der Waals surface area contributed by atoms with Crippen molar-refractivity contribution in [2.24, 2.45) is 0 Å². The van der Waals surface area contributed by atoms with E-state index in [2.05, 4.69) is 9.88 Å². The Hall–Kier alpha value is -3.53. The maximum atomic E-state index is 13.7. The van der Waals surface area contributed by atoms with Gasteiger partial charge in [0.05, 0.1) is 11.1 Å². The second-order valence-electron chi connectivity index (χ2n) is 5.67. The fraction of sp³-hybridized carbons (Fsp3) is 0. The van der Waals surface area contributed by atoms with Gasteiger partial charge < -0.3 is 4.89 Å². The molecule has 3 aromatic carbocycles. The van der Waals surface area contributed by atoms with Crippen LogP contribution in [0.25, 0.3) is 10.8 Å². The Kier molecular flexibility index (Phi) is 4.00. The second kappa shape index (κ2) is 6.27. The average Bonchev–Trinajstić information content (AvgIpc) is 2.71. The lowest BCUT2D eigenvalue weighted by molar-refractivity contribution is -0.322. The molecule has 0 aliphatic carbocycles. The van der Waals surface area contributed by atoms with E-state index in [0.29, 0.717) is 10.8 Å². The van der Waals surface area contributed by atoms with Gasteiger partial charge in [-0.2, -0.15) is 8.78 Å². The standard InChI is InChI=1S/C18H6F5NO4/c19-11-12(20)14(22)16(15(23)13(11)21)27-28-24-17(25)8-5-1-3-7-4-2-6-9(10(7)8)18(24)26/h1-6H. The van der Waals surface area contributed by atoms with E-state index in [9.17, 15) is 31.5 Å². The lowest BCUT2D eigenvalue weighted by atomic mass is 9.95. The number of imide groups is 1. The number of carbonyl (C=O) groups excluding carboxylic acids is 2. The van der Waals surface area contributed by atoms with E-state index in [4.69, 9.17) is 0 Å². The van der Waals surface area contributed by atoms with Gasteiger partial charge >= 0.3 is 0 Å². The van der Waals surface area contributed by atoms with Crippen LogP contribution in [-0.4, -0.2) is 16.9 Å². The Morgan fingerprint density at radius 2 is 1.14 bits per heavy atom. The summed E-state index contributed by atoms with van der Waals surface area (Å²) >= 11 is 0. The summed E-state index contributed by atoms with van der Waals surface area (Å²) in [5.74, 6) is -15.5. The zero-order chi connectivity index (χ0) is 20.2. The highest BCUT2D eigenvalue weighted by molar-refractivity contribution is 6.24. The zero-order valence-corrected chi connectivity index (χ0v) is 13.4. The maximum Gasteiger partial charge on any atom is 0.289 e. The quantitative estimate of drug-likeness (QED) is 0.168. The monoisotopic (exact) mass is 395 g/mol. The summed E-state index contributed by atoms with van der Waals surface area (Å²) in [5, 5.41) is 0.933. The van der Waals surface area contributed by atoms with Gasteiger partial charge in [0.15, 0.2) is 0 Å². The van der Waals surface area contributed by atoms with Gasteiger partial charge in [0, 0.05) is 5.39 Å². The third-order valence-corrected chi connectivity index (χ3v) is 4.10. The number of amides is 2. The summed E-state index contributed by atoms with van der Waals surface area (Å²) in [5.41, 5.74) is 0.0439. The lowest BCUT2D eigenvalue weighted by Crippen LogP contribution is -2.41. The summed E-state index contributed by atoms with van der Waals surface area (Å²) in [6, 6.07) is 9.11. The minimum atomic E-state index is -2.40. The van der Waals surface area contributed by atoms with Crippen molar-refractivity contribution >= 4 is 22.6 Å². The van der Waals surface area contributed by atoms with Gasteiger partial charge in [0.1, 0.15) is 0 Å². The molecule has 4 rings (SSSR count). The van der Waals surface area contributed by atoms with E-state index in [1.54, 1.807) is 12.1 Å². The fourth-order valence-corrected chi connectivity index (χ4v) is 2.81. The number of rotatable bonds is 3. The smallest absolute Gasteiger partial charge is 0.289 e. The van der Waals surface area contributed by atoms with Crippen molar-refractivity contribution in [3.63, 3.8) is 0 Å². The van der Waals surface area contributed by atoms with Crippen LogP contribution in [-0.2, 0) is 4.99 Å². The zero-order valence-electron chi connectivity index (χ0n) is 13.4. The van der Waals surface area contributed by atoms with Crippen molar-refractivity contribution in [1.82, 2.24) is 5.06 Å². The summed E-state index contributed by atoms with van der Waals surface area (Å²) in [7, 11) is 0. The molecule has 0 aromatic heterocycles. The predicted molar refractivity (Wildman–Crippen MR) is 82.4 cm³/mol. The molecule has 0 radical (unpaired) electrons. The number of benzene rings is 3. The predicted octanol–water partition coefficient (Wildman–Crippen LogP) is 4.06. The number of halogens is 5. The van der Waals surface area contributed by atoms with Crippen molar-refractivity contribution < 1.29 is 41.4 Å². The fourth-order valence-electron chi connectivity index (χ4n) is 2.81. The van der Waals surface area contributed by atoms with Crippen molar-refractivity contribution in [3.05, 3.63) is 76.6 Å². The molecule has 0 saturated carbocycles. The number of nitrogens with zero attached hydrogens (tertiary/aromatic N) is 1. The lowest BCUT2D eigenvalue weighted by Gasteiger charge is -2.24. The van der Waals surface area contributed by atoms with Gasteiger partial charge in [-0.3, -0.25) is 9.59 Å². The van der Waals surface area contributed by atoms with E-state index in [0.717, 1.165) is 0 Å². The number of hydrogen-bond acceptors (Lipinski definition) is 4. The maximum absolute atomic E-state index is 13.7. The number of hydroxylamine groups is 2. The molecular formula is C18H6F5NO4. The topological polar surface area (TPSA) is 55.8 Å². The van der Waals surface area contributed by atoms with E-state index >= 15 is 0 Å². The van der Waals surface area contributed by atoms with Gasteiger partial charge in [-0.15, -0.1) is 5.06 Å². The summed E-state index contributed by atoms with van der Waals surface area (Å²) < 4.78 is 66.8. The third-order valence-electron chi connectivity index (χ3n) is 4.10. The van der Waals surface area contributed by atoms with E-state index in [1.807, 2.05) is 0 Å². The molecule has 0 bridgehead atoms. The molecular weight excluding hydrogens is 389 g/mol. The molecule has 0 atom stereocenters. The average molecular weight is 395 g/mol. The Morgan fingerprint density at radius 1 is 0.679 bits per heavy atom. The van der Waals surface area contributed by atoms with Crippen LogP contribution in [0.1, 0.15) is 20.7 Å². The van der Waals surface area contributed by atoms with Crippen LogP contribution in [0, 0.1) is 29.1 Å². The Balaban J connectivity index is 1.72. The van der Waals surface area contributed by atoms with Gasteiger partial charge in [0.2, 0.25) is 34.8 Å². The Morgan fingerprint density at radius 3 is 1.64 bits per heavy atom. The number of hydrogen-bond donors (Lipinski definition) is 0. The van der Waals surface area contributed by atoms with Crippen molar-refractivity contribution in [1.29, 1.82) is 0 Å². The van der Waals surface area contributed by atoms with Gasteiger partial charge in [-0.05, 0) is 22.5 Å². The first-order chi connectivity index (χ1) is 13.3. The van der Waals surface area contributed by atoms with Crippen LogP contribution < -0.4 is 4.89 Å². The second-order valence-corrected chi connectivity index (χ2v) is 5.67. The van der Waals surface area contributed by atoms with Crippen LogP contribution in [0.15, 0.2) is 36.4 Å². The van der Waals surface area contributed by atoms with Crippen LogP contribution in [0.2, 0.25) is 0 Å². The normalized spacial score (nSPS) is 13.4. The minimum Gasteiger partial charge on any atom is -0.307 e. The summed E-state index contributed by atoms with van der Waals surface area (Å²) in [4.78, 5) is 33.5. The van der Waals surface area contributed by atoms with E-state index < -0.39 is 46.6 Å². The molecule has 1 aliphatic heterocycles. The molecule has 0 saturated heterocycles. The molecule has 0 N–H and O–H groups in total. The Labute approximate surface area is 152 Å².